The Labute approximate surface area is 139 Å². The number of aryl methyl sites for hydroxylation is 1. The number of carbonyl (C=O) groups is 1. The SMILES string of the molecule is CC=Cc1cc(C(=O)Nc2nnc(CC)s2)cc(OC)c1OC. The van der Waals surface area contributed by atoms with Crippen molar-refractivity contribution in [1.82, 2.24) is 10.2 Å². The summed E-state index contributed by atoms with van der Waals surface area (Å²) in [6.45, 7) is 3.88. The molecule has 122 valence electrons. The Bertz CT molecular complexity index is 725. The molecule has 23 heavy (non-hydrogen) atoms. The highest BCUT2D eigenvalue weighted by atomic mass is 32.1. The maximum atomic E-state index is 12.4. The number of rotatable bonds is 6. The van der Waals surface area contributed by atoms with Crippen LogP contribution >= 0.6 is 11.3 Å². The molecule has 0 spiro atoms. The minimum Gasteiger partial charge on any atom is -0.493 e. The summed E-state index contributed by atoms with van der Waals surface area (Å²) in [4.78, 5) is 12.4. The summed E-state index contributed by atoms with van der Waals surface area (Å²) < 4.78 is 10.7. The van der Waals surface area contributed by atoms with E-state index in [1.165, 1.54) is 18.4 Å². The fourth-order valence-corrected chi connectivity index (χ4v) is 2.72. The topological polar surface area (TPSA) is 73.3 Å². The number of benzene rings is 1. The second-order valence-electron chi connectivity index (χ2n) is 4.61. The lowest BCUT2D eigenvalue weighted by atomic mass is 10.1. The van der Waals surface area contributed by atoms with Crippen molar-refractivity contribution in [1.29, 1.82) is 0 Å². The molecule has 1 heterocycles. The second kappa shape index (κ2) is 7.73. The molecule has 0 saturated carbocycles. The number of carbonyl (C=O) groups excluding carboxylic acids is 1. The predicted octanol–water partition coefficient (Wildman–Crippen LogP) is 3.40. The third-order valence-corrected chi connectivity index (χ3v) is 4.09. The van der Waals surface area contributed by atoms with E-state index in [2.05, 4.69) is 15.5 Å². The van der Waals surface area contributed by atoms with Crippen LogP contribution in [0.1, 0.15) is 34.8 Å². The van der Waals surface area contributed by atoms with Crippen molar-refractivity contribution in [3.8, 4) is 11.5 Å². The van der Waals surface area contributed by atoms with Gasteiger partial charge in [0.1, 0.15) is 5.01 Å². The van der Waals surface area contributed by atoms with Gasteiger partial charge in [-0.25, -0.2) is 0 Å². The van der Waals surface area contributed by atoms with Crippen molar-refractivity contribution in [2.75, 3.05) is 19.5 Å². The van der Waals surface area contributed by atoms with Gasteiger partial charge in [-0.1, -0.05) is 30.4 Å². The minimum atomic E-state index is -0.268. The number of hydrogen-bond donors (Lipinski definition) is 1. The number of hydrogen-bond acceptors (Lipinski definition) is 6. The van der Waals surface area contributed by atoms with Gasteiger partial charge in [0.05, 0.1) is 14.2 Å². The van der Waals surface area contributed by atoms with E-state index in [0.29, 0.717) is 22.2 Å². The van der Waals surface area contributed by atoms with Crippen LogP contribution in [0.2, 0.25) is 0 Å². The molecule has 1 aromatic carbocycles. The summed E-state index contributed by atoms with van der Waals surface area (Å²) in [6, 6.07) is 3.39. The van der Waals surface area contributed by atoms with Crippen LogP contribution in [0.3, 0.4) is 0 Å². The lowest BCUT2D eigenvalue weighted by Gasteiger charge is -2.12. The quantitative estimate of drug-likeness (QED) is 0.877. The van der Waals surface area contributed by atoms with Crippen LogP contribution in [0.25, 0.3) is 6.08 Å². The van der Waals surface area contributed by atoms with Crippen LogP contribution in [-0.4, -0.2) is 30.3 Å². The van der Waals surface area contributed by atoms with Gasteiger partial charge in [-0.05, 0) is 25.5 Å². The van der Waals surface area contributed by atoms with E-state index in [0.717, 1.165) is 17.0 Å². The molecule has 1 amide bonds. The van der Waals surface area contributed by atoms with Crippen molar-refractivity contribution in [3.63, 3.8) is 0 Å². The summed E-state index contributed by atoms with van der Waals surface area (Å²) >= 11 is 1.36. The molecule has 2 rings (SSSR count). The maximum Gasteiger partial charge on any atom is 0.257 e. The standard InChI is InChI=1S/C16H19N3O3S/c1-5-7-10-8-11(9-12(21-3)14(10)22-4)15(20)17-16-19-18-13(6-2)23-16/h5,7-9H,6H2,1-4H3,(H,17,19,20). The Kier molecular flexibility index (Phi) is 5.70. The monoisotopic (exact) mass is 333 g/mol. The molecule has 0 fully saturated rings. The zero-order valence-electron chi connectivity index (χ0n) is 13.5. The van der Waals surface area contributed by atoms with Crippen molar-refractivity contribution in [3.05, 3.63) is 34.3 Å². The number of anilines is 1. The summed E-state index contributed by atoms with van der Waals surface area (Å²) in [7, 11) is 3.11. The molecule has 0 radical (unpaired) electrons. The molecule has 0 bridgehead atoms. The normalized spacial score (nSPS) is 10.8. The van der Waals surface area contributed by atoms with Crippen LogP contribution in [0, 0.1) is 0 Å². The highest BCUT2D eigenvalue weighted by Gasteiger charge is 2.16. The van der Waals surface area contributed by atoms with Crippen molar-refractivity contribution in [2.24, 2.45) is 0 Å². The summed E-state index contributed by atoms with van der Waals surface area (Å²) in [5, 5.41) is 12.1. The number of nitrogens with zero attached hydrogens (tertiary/aromatic N) is 2. The zero-order valence-corrected chi connectivity index (χ0v) is 14.4. The maximum absolute atomic E-state index is 12.4. The zero-order chi connectivity index (χ0) is 16.8. The van der Waals surface area contributed by atoms with Crippen molar-refractivity contribution < 1.29 is 14.3 Å². The third kappa shape index (κ3) is 3.87. The first-order chi connectivity index (χ1) is 11.1. The highest BCUT2D eigenvalue weighted by molar-refractivity contribution is 7.15. The highest BCUT2D eigenvalue weighted by Crippen LogP contribution is 2.34. The number of allylic oxidation sites excluding steroid dienone is 1. The van der Waals surface area contributed by atoms with E-state index < -0.39 is 0 Å². The molecule has 2 aromatic rings. The van der Waals surface area contributed by atoms with Gasteiger partial charge in [-0.2, -0.15) is 0 Å². The molecular formula is C16H19N3O3S. The average Bonchev–Trinajstić information content (AvgIpc) is 3.01. The Morgan fingerprint density at radius 2 is 2.09 bits per heavy atom. The van der Waals surface area contributed by atoms with E-state index >= 15 is 0 Å². The van der Waals surface area contributed by atoms with Crippen LogP contribution < -0.4 is 14.8 Å². The number of amides is 1. The molecule has 0 aliphatic heterocycles. The van der Waals surface area contributed by atoms with Crippen LogP contribution in [0.15, 0.2) is 18.2 Å². The largest absolute Gasteiger partial charge is 0.493 e. The van der Waals surface area contributed by atoms with Gasteiger partial charge in [0.2, 0.25) is 5.13 Å². The number of methoxy groups -OCH3 is 2. The van der Waals surface area contributed by atoms with E-state index in [1.807, 2.05) is 26.0 Å². The smallest absolute Gasteiger partial charge is 0.257 e. The first-order valence-electron chi connectivity index (χ1n) is 7.15. The van der Waals surface area contributed by atoms with Crippen molar-refractivity contribution in [2.45, 2.75) is 20.3 Å². The molecule has 1 aromatic heterocycles. The molecule has 0 unspecified atom stereocenters. The summed E-state index contributed by atoms with van der Waals surface area (Å²) in [5.74, 6) is 0.821. The van der Waals surface area contributed by atoms with Crippen molar-refractivity contribution >= 4 is 28.5 Å². The van der Waals surface area contributed by atoms with E-state index in [4.69, 9.17) is 9.47 Å². The number of aromatic nitrogens is 2. The molecule has 0 aliphatic rings. The first-order valence-corrected chi connectivity index (χ1v) is 7.97. The summed E-state index contributed by atoms with van der Waals surface area (Å²) in [5.41, 5.74) is 1.23. The average molecular weight is 333 g/mol. The fourth-order valence-electron chi connectivity index (χ4n) is 2.04. The predicted molar refractivity (Wildman–Crippen MR) is 91.5 cm³/mol. The Morgan fingerprint density at radius 3 is 2.65 bits per heavy atom. The van der Waals surface area contributed by atoms with Gasteiger partial charge >= 0.3 is 0 Å². The second-order valence-corrected chi connectivity index (χ2v) is 5.67. The number of ether oxygens (including phenoxy) is 2. The molecule has 0 atom stereocenters. The minimum absolute atomic E-state index is 0.268. The fraction of sp³-hybridized carbons (Fsp3) is 0.312. The van der Waals surface area contributed by atoms with Crippen LogP contribution in [-0.2, 0) is 6.42 Å². The lowest BCUT2D eigenvalue weighted by molar-refractivity contribution is 0.102. The summed E-state index contributed by atoms with van der Waals surface area (Å²) in [6.07, 6.45) is 4.52. The van der Waals surface area contributed by atoms with Gasteiger partial charge in [0, 0.05) is 11.1 Å². The Balaban J connectivity index is 2.33. The van der Waals surface area contributed by atoms with Gasteiger partial charge in [-0.3, -0.25) is 10.1 Å². The van der Waals surface area contributed by atoms with Crippen LogP contribution in [0.4, 0.5) is 5.13 Å². The first kappa shape index (κ1) is 17.0. The van der Waals surface area contributed by atoms with Gasteiger partial charge in [0.15, 0.2) is 11.5 Å². The molecule has 7 heteroatoms. The molecular weight excluding hydrogens is 314 g/mol. The molecule has 0 aliphatic carbocycles. The van der Waals surface area contributed by atoms with Crippen LogP contribution in [0.5, 0.6) is 11.5 Å². The van der Waals surface area contributed by atoms with E-state index in [9.17, 15) is 4.79 Å². The molecule has 1 N–H and O–H groups in total. The van der Waals surface area contributed by atoms with Gasteiger partial charge < -0.3 is 9.47 Å². The van der Waals surface area contributed by atoms with E-state index in [-0.39, 0.29) is 5.91 Å². The van der Waals surface area contributed by atoms with Gasteiger partial charge in [-0.15, -0.1) is 10.2 Å². The molecule has 0 saturated heterocycles. The lowest BCUT2D eigenvalue weighted by Crippen LogP contribution is -2.12. The Hall–Kier alpha value is -2.41. The third-order valence-electron chi connectivity index (χ3n) is 3.11. The van der Waals surface area contributed by atoms with Gasteiger partial charge in [0.25, 0.3) is 5.91 Å². The number of nitrogens with one attached hydrogen (secondary N) is 1. The van der Waals surface area contributed by atoms with E-state index in [1.54, 1.807) is 19.2 Å². The molecule has 6 nitrogen and oxygen atoms in total. The Morgan fingerprint density at radius 1 is 1.30 bits per heavy atom.